The molecule has 3 aromatic rings. The first-order chi connectivity index (χ1) is 12.3. The van der Waals surface area contributed by atoms with Crippen LogP contribution < -0.4 is 10.5 Å². The van der Waals surface area contributed by atoms with Gasteiger partial charge in [-0.15, -0.1) is 0 Å². The fourth-order valence-corrected chi connectivity index (χ4v) is 3.48. The molecule has 2 heterocycles. The topological polar surface area (TPSA) is 79.4 Å². The maximum absolute atomic E-state index is 11.3. The van der Waals surface area contributed by atoms with Crippen molar-refractivity contribution in [1.29, 1.82) is 0 Å². The molecule has 6 nitrogen and oxygen atoms in total. The second-order valence-corrected chi connectivity index (χ2v) is 7.39. The van der Waals surface area contributed by atoms with Gasteiger partial charge in [0.1, 0.15) is 11.9 Å². The van der Waals surface area contributed by atoms with Crippen molar-refractivity contribution in [3.05, 3.63) is 48.2 Å². The van der Waals surface area contributed by atoms with Crippen LogP contribution in [0.4, 0.5) is 4.79 Å². The van der Waals surface area contributed by atoms with E-state index in [9.17, 15) is 4.79 Å². The summed E-state index contributed by atoms with van der Waals surface area (Å²) in [5, 5.41) is 5.39. The molecular weight excluding hydrogens is 330 g/mol. The number of hydrogen-bond acceptors (Lipinski definition) is 4. The van der Waals surface area contributed by atoms with Gasteiger partial charge >= 0.3 is 6.09 Å². The number of primary amides is 1. The molecule has 1 unspecified atom stereocenters. The van der Waals surface area contributed by atoms with Crippen LogP contribution in [0.3, 0.4) is 0 Å². The number of nitrogens with zero attached hydrogens (tertiary/aromatic N) is 2. The molecule has 1 amide bonds. The van der Waals surface area contributed by atoms with Crippen LogP contribution in [0.15, 0.2) is 42.6 Å². The van der Waals surface area contributed by atoms with Gasteiger partial charge in [0.2, 0.25) is 0 Å². The van der Waals surface area contributed by atoms with E-state index in [1.165, 1.54) is 0 Å². The quantitative estimate of drug-likeness (QED) is 0.762. The molecule has 0 saturated heterocycles. The van der Waals surface area contributed by atoms with Crippen LogP contribution in [0.25, 0.3) is 22.0 Å². The molecule has 0 aliphatic carbocycles. The van der Waals surface area contributed by atoms with E-state index in [0.29, 0.717) is 6.61 Å². The minimum atomic E-state index is -0.776. The van der Waals surface area contributed by atoms with Gasteiger partial charge in [-0.05, 0) is 23.3 Å². The van der Waals surface area contributed by atoms with Crippen molar-refractivity contribution < 1.29 is 14.3 Å². The normalized spacial score (nSPS) is 18.2. The van der Waals surface area contributed by atoms with Crippen molar-refractivity contribution in [2.24, 2.45) is 18.2 Å². The summed E-state index contributed by atoms with van der Waals surface area (Å²) in [4.78, 5) is 11.3. The molecule has 1 aliphatic rings. The van der Waals surface area contributed by atoms with Crippen molar-refractivity contribution in [2.45, 2.75) is 20.0 Å². The number of aromatic nitrogens is 2. The molecule has 1 aliphatic heterocycles. The Labute approximate surface area is 151 Å². The summed E-state index contributed by atoms with van der Waals surface area (Å²) in [7, 11) is 1.93. The van der Waals surface area contributed by atoms with Crippen LogP contribution in [0, 0.1) is 5.41 Å². The molecule has 26 heavy (non-hydrogen) atoms. The highest BCUT2D eigenvalue weighted by Crippen LogP contribution is 2.46. The molecule has 0 radical (unpaired) electrons. The van der Waals surface area contributed by atoms with Crippen molar-refractivity contribution in [3.8, 4) is 16.9 Å². The molecule has 134 valence electrons. The molecule has 0 bridgehead atoms. The number of carbonyl (C=O) groups excluding carboxylic acids is 1. The van der Waals surface area contributed by atoms with E-state index in [1.54, 1.807) is 0 Å². The summed E-state index contributed by atoms with van der Waals surface area (Å²) in [6.07, 6.45) is 0.641. The third-order valence-electron chi connectivity index (χ3n) is 4.92. The average Bonchev–Trinajstić information content (AvgIpc) is 2.97. The summed E-state index contributed by atoms with van der Waals surface area (Å²) < 4.78 is 13.2. The van der Waals surface area contributed by atoms with E-state index < -0.39 is 12.2 Å². The number of aryl methyl sites for hydroxylation is 1. The van der Waals surface area contributed by atoms with E-state index in [2.05, 4.69) is 23.3 Å². The Morgan fingerprint density at radius 2 is 2.00 bits per heavy atom. The zero-order valence-corrected chi connectivity index (χ0v) is 15.0. The van der Waals surface area contributed by atoms with E-state index >= 15 is 0 Å². The lowest BCUT2D eigenvalue weighted by Gasteiger charge is -2.38. The number of benzene rings is 2. The Morgan fingerprint density at radius 1 is 1.27 bits per heavy atom. The summed E-state index contributed by atoms with van der Waals surface area (Å²) in [5.74, 6) is 0.721. The number of hydrogen-bond donors (Lipinski definition) is 1. The van der Waals surface area contributed by atoms with E-state index in [0.717, 1.165) is 33.3 Å². The van der Waals surface area contributed by atoms with Crippen LogP contribution in [0.5, 0.6) is 5.75 Å². The van der Waals surface area contributed by atoms with Crippen LogP contribution in [-0.4, -0.2) is 22.5 Å². The monoisotopic (exact) mass is 351 g/mol. The number of rotatable bonds is 2. The van der Waals surface area contributed by atoms with Crippen molar-refractivity contribution in [2.75, 3.05) is 6.61 Å². The molecular formula is C20H21N3O3. The number of fused-ring (bicyclic) bond motifs is 2. The Balaban J connectivity index is 1.76. The van der Waals surface area contributed by atoms with Crippen LogP contribution in [0.2, 0.25) is 0 Å². The molecule has 1 aromatic heterocycles. The maximum atomic E-state index is 11.3. The predicted octanol–water partition coefficient (Wildman–Crippen LogP) is 3.80. The summed E-state index contributed by atoms with van der Waals surface area (Å²) in [5.41, 5.74) is 8.93. The summed E-state index contributed by atoms with van der Waals surface area (Å²) >= 11 is 0. The molecule has 4 rings (SSSR count). The largest absolute Gasteiger partial charge is 0.492 e. The van der Waals surface area contributed by atoms with Gasteiger partial charge in [-0.1, -0.05) is 38.1 Å². The van der Waals surface area contributed by atoms with Crippen LogP contribution in [0.1, 0.15) is 25.5 Å². The SMILES string of the molecule is Cn1ncc2ccc(-c3ccc4c(c3)OCC(C)(C)C4OC(N)=O)cc21. The molecule has 0 saturated carbocycles. The van der Waals surface area contributed by atoms with E-state index in [4.69, 9.17) is 15.2 Å². The number of nitrogens with two attached hydrogens (primary N) is 1. The van der Waals surface area contributed by atoms with Gasteiger partial charge in [-0.25, -0.2) is 4.79 Å². The van der Waals surface area contributed by atoms with E-state index in [1.807, 2.05) is 50.0 Å². The van der Waals surface area contributed by atoms with Gasteiger partial charge in [0.05, 0.1) is 18.3 Å². The molecule has 2 N–H and O–H groups in total. The summed E-state index contributed by atoms with van der Waals surface area (Å²) in [6, 6.07) is 12.2. The Bertz CT molecular complexity index is 1010. The molecule has 1 atom stereocenters. The third-order valence-corrected chi connectivity index (χ3v) is 4.92. The first-order valence-electron chi connectivity index (χ1n) is 8.50. The Hall–Kier alpha value is -3.02. The minimum absolute atomic E-state index is 0.350. The first kappa shape index (κ1) is 16.4. The zero-order chi connectivity index (χ0) is 18.5. The lowest BCUT2D eigenvalue weighted by molar-refractivity contribution is -0.0176. The lowest BCUT2D eigenvalue weighted by atomic mass is 9.80. The van der Waals surface area contributed by atoms with Gasteiger partial charge in [0, 0.05) is 23.4 Å². The number of amides is 1. The van der Waals surface area contributed by atoms with Crippen LogP contribution in [-0.2, 0) is 11.8 Å². The molecule has 6 heteroatoms. The smallest absolute Gasteiger partial charge is 0.405 e. The van der Waals surface area contributed by atoms with Gasteiger partial charge in [-0.3, -0.25) is 4.68 Å². The maximum Gasteiger partial charge on any atom is 0.405 e. The summed E-state index contributed by atoms with van der Waals surface area (Å²) in [6.45, 7) is 4.43. The minimum Gasteiger partial charge on any atom is -0.492 e. The highest BCUT2D eigenvalue weighted by atomic mass is 16.6. The molecule has 2 aromatic carbocycles. The molecule has 0 spiro atoms. The van der Waals surface area contributed by atoms with Gasteiger partial charge < -0.3 is 15.2 Å². The van der Waals surface area contributed by atoms with Crippen molar-refractivity contribution >= 4 is 17.0 Å². The fraction of sp³-hybridized carbons (Fsp3) is 0.300. The molecule has 0 fully saturated rings. The number of carbonyl (C=O) groups is 1. The standard InChI is InChI=1S/C20H21N3O3/c1-20(2)11-25-17-9-13(6-7-15(17)18(20)26-19(21)24)12-4-5-14-10-22-23(3)16(14)8-12/h4-10,18H,11H2,1-3H3,(H2,21,24). The predicted molar refractivity (Wildman–Crippen MR) is 98.8 cm³/mol. The van der Waals surface area contributed by atoms with Crippen molar-refractivity contribution in [1.82, 2.24) is 9.78 Å². The second-order valence-electron chi connectivity index (χ2n) is 7.39. The lowest BCUT2D eigenvalue weighted by Crippen LogP contribution is -2.37. The highest BCUT2D eigenvalue weighted by Gasteiger charge is 2.40. The van der Waals surface area contributed by atoms with Crippen molar-refractivity contribution in [3.63, 3.8) is 0 Å². The first-order valence-corrected chi connectivity index (χ1v) is 8.50. The Morgan fingerprint density at radius 3 is 2.77 bits per heavy atom. The van der Waals surface area contributed by atoms with Gasteiger partial charge in [0.15, 0.2) is 0 Å². The average molecular weight is 351 g/mol. The fourth-order valence-electron chi connectivity index (χ4n) is 3.48. The van der Waals surface area contributed by atoms with Gasteiger partial charge in [0.25, 0.3) is 0 Å². The second kappa shape index (κ2) is 5.76. The highest BCUT2D eigenvalue weighted by molar-refractivity contribution is 5.84. The Kier molecular flexibility index (Phi) is 3.64. The van der Waals surface area contributed by atoms with E-state index in [-0.39, 0.29) is 5.41 Å². The number of ether oxygens (including phenoxy) is 2. The van der Waals surface area contributed by atoms with Crippen LogP contribution >= 0.6 is 0 Å². The third kappa shape index (κ3) is 2.67. The zero-order valence-electron chi connectivity index (χ0n) is 15.0. The van der Waals surface area contributed by atoms with Gasteiger partial charge in [-0.2, -0.15) is 5.10 Å².